The SMILES string of the molecule is C.CC(C)(C)C(C)(C)C(C)(C)C(F)(F)F.CC1CCC(C(F)(F)F)(C(F)(F)F)CC1.CC1CCC(C(F)(F)F)CC1.CC1CCC2(CC1)CCC(C(F)(F)F)(C(F)(F)F)CC2.CC1CCCC(C(F)(F)F)[C@@H]1C.C[C@@H]1CCCC(C(F)(F)F)C1.C[C@@H]1CCCCC1(C(F)(F)F)C(F)(F)F.C[C@H](C(C)(C)C)C(C)(C)C(F)(F)F.C[C@H]1CC2CCC1(C)CC2. The zero-order chi connectivity index (χ0) is 95.6. The molecule has 0 heterocycles. The summed E-state index contributed by atoms with van der Waals surface area (Å²) >= 11 is 0. The molecule has 1 spiro atoms. The van der Waals surface area contributed by atoms with Gasteiger partial charge in [0.15, 0.2) is 16.2 Å². The third-order valence-corrected chi connectivity index (χ3v) is 31.5. The molecule has 10 saturated carbocycles. The Morgan fingerprint density at radius 2 is 0.672 bits per heavy atom. The molecule has 0 amide bonds. The van der Waals surface area contributed by atoms with Gasteiger partial charge in [0.2, 0.25) is 0 Å². The minimum atomic E-state index is -5.20. The summed E-state index contributed by atoms with van der Waals surface area (Å²) in [5.74, 6) is -1.48. The summed E-state index contributed by atoms with van der Waals surface area (Å²) in [5.41, 5.74) is -14.8. The molecule has 10 rings (SSSR count). The molecule has 122 heavy (non-hydrogen) atoms. The summed E-state index contributed by atoms with van der Waals surface area (Å²) in [5, 5.41) is 0. The van der Waals surface area contributed by atoms with E-state index in [2.05, 4.69) is 20.8 Å². The summed E-state index contributed by atoms with van der Waals surface area (Å²) in [4.78, 5) is 0. The van der Waals surface area contributed by atoms with Crippen LogP contribution in [0.25, 0.3) is 0 Å². The second kappa shape index (κ2) is 43.4. The molecular formula is C89H147F33. The minimum absolute atomic E-state index is 0. The molecular weight excluding hydrogens is 1700 g/mol. The highest BCUT2D eigenvalue weighted by Gasteiger charge is 2.74. The van der Waals surface area contributed by atoms with Crippen LogP contribution in [-0.2, 0) is 0 Å². The molecule has 10 fully saturated rings. The smallest absolute Gasteiger partial charge is 0.171 e. The predicted molar refractivity (Wildman–Crippen MR) is 416 cm³/mol. The van der Waals surface area contributed by atoms with Crippen molar-refractivity contribution in [1.82, 2.24) is 0 Å². The molecule has 10 aliphatic rings. The zero-order valence-corrected chi connectivity index (χ0v) is 75.1. The van der Waals surface area contributed by atoms with Gasteiger partial charge in [-0.3, -0.25) is 0 Å². The largest absolute Gasteiger partial charge is 0.403 e. The highest BCUT2D eigenvalue weighted by atomic mass is 19.5. The number of fused-ring (bicyclic) bond motifs is 3. The van der Waals surface area contributed by atoms with Crippen LogP contribution >= 0.6 is 0 Å². The van der Waals surface area contributed by atoms with Crippen LogP contribution in [0.4, 0.5) is 145 Å². The molecule has 0 aliphatic heterocycles. The Bertz CT molecular complexity index is 2850. The maximum Gasteiger partial charge on any atom is 0.403 e. The van der Waals surface area contributed by atoms with E-state index >= 15 is 0 Å². The molecule has 0 radical (unpaired) electrons. The van der Waals surface area contributed by atoms with Crippen LogP contribution in [0.2, 0.25) is 0 Å². The molecule has 0 aromatic heterocycles. The standard InChI is InChI=1S/C14H20F6.C11H21F3.C10H19F3.C10H18.2C9H12F6.C9H15F3.2C8H13F3.CH4/c1-10-2-4-11(5-3-10)6-8-12(9-7-11,13(15,16)17)14(18,19)20;1-8(2,3)9(4,5)10(6,7)11(12,13)14;1-7(8(2,3)4)9(5,6)10(11,12)13;1-8-7-9-3-5-10(8,2)6-4-9;1-6-2-4-7(5-3-6,8(10,11)12)9(13,14)15;1-6-4-2-3-5-7(6,8(10,11)12)9(13,14)15;1-6-4-3-5-8(7(6)2)9(10,11)12;1-6-2-4-7(5-3-6)8(9,10)11;1-6-3-2-4-7(5-6)8(9,10)11;/h10H,2-9H2,1H3;1-7H3;7H,1-6H3;8-9H,3-7H2,1-2H3;2*6H,2-5H2,1H3;6-8H,3-5H2,1-2H3;2*6-7H,2-5H2,1H3;1H4/t;;7-;8-,9?,10?;;6-;6?,7-,8?;;6-,7?;/m..10.11.1./s1. The Morgan fingerprint density at radius 1 is 0.295 bits per heavy atom. The fraction of sp³-hybridized carbons (Fsp3) is 1.00. The highest BCUT2D eigenvalue weighted by molar-refractivity contribution is 5.04. The van der Waals surface area contributed by atoms with Crippen molar-refractivity contribution in [1.29, 1.82) is 0 Å². The van der Waals surface area contributed by atoms with E-state index in [1.54, 1.807) is 34.6 Å². The average molecular weight is 1840 g/mol. The van der Waals surface area contributed by atoms with Crippen LogP contribution in [0, 0.1) is 131 Å². The molecule has 734 valence electrons. The van der Waals surface area contributed by atoms with Crippen LogP contribution in [0.3, 0.4) is 0 Å². The lowest BCUT2D eigenvalue weighted by molar-refractivity contribution is -0.364. The number of rotatable bonds is 2. The Labute approximate surface area is 706 Å². The van der Waals surface area contributed by atoms with Crippen LogP contribution in [0.5, 0.6) is 0 Å². The third-order valence-electron chi connectivity index (χ3n) is 31.5. The zero-order valence-electron chi connectivity index (χ0n) is 75.1. The van der Waals surface area contributed by atoms with E-state index in [1.165, 1.54) is 59.8 Å². The first-order chi connectivity index (χ1) is 53.5. The van der Waals surface area contributed by atoms with Gasteiger partial charge in [-0.25, -0.2) is 0 Å². The predicted octanol–water partition coefficient (Wildman–Crippen LogP) is 37.6. The fourth-order valence-electron chi connectivity index (χ4n) is 19.0. The second-order valence-electron chi connectivity index (χ2n) is 42.1. The van der Waals surface area contributed by atoms with E-state index in [-0.39, 0.29) is 85.9 Å². The summed E-state index contributed by atoms with van der Waals surface area (Å²) in [6.45, 7) is 38.5. The van der Waals surface area contributed by atoms with Gasteiger partial charge in [-0.05, 0) is 228 Å². The van der Waals surface area contributed by atoms with Crippen molar-refractivity contribution in [2.45, 2.75) is 433 Å². The normalized spacial score (nSPS) is 28.8. The minimum Gasteiger partial charge on any atom is -0.171 e. The lowest BCUT2D eigenvalue weighted by atomic mass is 9.55. The molecule has 0 saturated heterocycles. The molecule has 8 atom stereocenters. The van der Waals surface area contributed by atoms with E-state index in [4.69, 9.17) is 0 Å². The van der Waals surface area contributed by atoms with E-state index in [0.717, 1.165) is 88.4 Å². The van der Waals surface area contributed by atoms with Gasteiger partial charge in [-0.15, -0.1) is 0 Å². The molecule has 3 unspecified atom stereocenters. The quantitative estimate of drug-likeness (QED) is 0.242. The van der Waals surface area contributed by atoms with Crippen molar-refractivity contribution >= 4 is 0 Å². The van der Waals surface area contributed by atoms with Crippen LogP contribution in [-0.4, -0.2) is 67.9 Å². The fourth-order valence-corrected chi connectivity index (χ4v) is 19.0. The average Bonchev–Trinajstić information content (AvgIpc) is 0.755. The van der Waals surface area contributed by atoms with E-state index in [0.29, 0.717) is 50.4 Å². The number of halogens is 33. The number of hydrogen-bond donors (Lipinski definition) is 0. The Kier molecular flexibility index (Phi) is 42.6. The third kappa shape index (κ3) is 31.5. The van der Waals surface area contributed by atoms with E-state index in [1.807, 2.05) is 62.3 Å². The maximum atomic E-state index is 13.0. The van der Waals surface area contributed by atoms with E-state index < -0.39 is 162 Å². The monoisotopic (exact) mass is 1840 g/mol. The Balaban J connectivity index is 0.00000136. The Hall–Kier alpha value is -2.31. The van der Waals surface area contributed by atoms with Gasteiger partial charge in [0, 0.05) is 0 Å². The van der Waals surface area contributed by atoms with Gasteiger partial charge in [0.1, 0.15) is 0 Å². The molecule has 0 nitrogen and oxygen atoms in total. The van der Waals surface area contributed by atoms with Crippen molar-refractivity contribution in [2.75, 3.05) is 0 Å². The maximum absolute atomic E-state index is 13.0. The summed E-state index contributed by atoms with van der Waals surface area (Å²) in [6, 6.07) is 0. The first-order valence-electron chi connectivity index (χ1n) is 43.3. The van der Waals surface area contributed by atoms with Gasteiger partial charge in [-0.2, -0.15) is 145 Å². The molecule has 0 N–H and O–H groups in total. The van der Waals surface area contributed by atoms with Crippen molar-refractivity contribution in [3.05, 3.63) is 0 Å². The van der Waals surface area contributed by atoms with Crippen molar-refractivity contribution in [3.8, 4) is 0 Å². The van der Waals surface area contributed by atoms with Gasteiger partial charge < -0.3 is 0 Å². The topological polar surface area (TPSA) is 0 Å². The van der Waals surface area contributed by atoms with Gasteiger partial charge in [0.05, 0.1) is 28.6 Å². The molecule has 0 aromatic carbocycles. The Morgan fingerprint density at radius 3 is 0.934 bits per heavy atom. The van der Waals surface area contributed by atoms with Gasteiger partial charge in [0.25, 0.3) is 0 Å². The highest BCUT2D eigenvalue weighted by Crippen LogP contribution is 2.66. The van der Waals surface area contributed by atoms with Gasteiger partial charge >= 0.3 is 67.9 Å². The van der Waals surface area contributed by atoms with Crippen molar-refractivity contribution < 1.29 is 145 Å². The first kappa shape index (κ1) is 120. The second-order valence-corrected chi connectivity index (χ2v) is 42.1. The molecule has 10 aliphatic carbocycles. The summed E-state index contributed by atoms with van der Waals surface area (Å²) < 4.78 is 415. The van der Waals surface area contributed by atoms with Gasteiger partial charge in [-0.1, -0.05) is 224 Å². The van der Waals surface area contributed by atoms with Crippen molar-refractivity contribution in [3.63, 3.8) is 0 Å². The first-order valence-corrected chi connectivity index (χ1v) is 43.3. The summed E-state index contributed by atoms with van der Waals surface area (Å²) in [7, 11) is 0. The molecule has 0 aromatic rings. The van der Waals surface area contributed by atoms with Crippen LogP contribution in [0.15, 0.2) is 0 Å². The number of hydrogen-bond acceptors (Lipinski definition) is 0. The van der Waals surface area contributed by atoms with Crippen LogP contribution in [0.1, 0.15) is 365 Å². The van der Waals surface area contributed by atoms with E-state index in [9.17, 15) is 145 Å². The van der Waals surface area contributed by atoms with Crippen molar-refractivity contribution in [2.24, 2.45) is 131 Å². The lowest BCUT2D eigenvalue weighted by Gasteiger charge is -2.51. The van der Waals surface area contributed by atoms with Crippen LogP contribution < -0.4 is 0 Å². The summed E-state index contributed by atoms with van der Waals surface area (Å²) in [6.07, 6.45) is -37.4. The molecule has 2 bridgehead atoms. The molecule has 33 heteroatoms. The number of alkyl halides is 33. The lowest BCUT2D eigenvalue weighted by Crippen LogP contribution is -2.55.